The van der Waals surface area contributed by atoms with Crippen molar-refractivity contribution in [3.05, 3.63) is 59.8 Å². The SMILES string of the molecule is COc1ccc(C[NH+](C)[C@@H](C)C(=O)c2c[nH]c3ccccc23)cc1OC. The van der Waals surface area contributed by atoms with Crippen LogP contribution in [0.4, 0.5) is 0 Å². The fourth-order valence-electron chi connectivity index (χ4n) is 3.20. The molecule has 136 valence electrons. The molecule has 0 amide bonds. The van der Waals surface area contributed by atoms with Crippen molar-refractivity contribution in [2.45, 2.75) is 19.5 Å². The van der Waals surface area contributed by atoms with E-state index in [2.05, 4.69) is 4.98 Å². The molecule has 1 aromatic heterocycles. The minimum absolute atomic E-state index is 0.139. The zero-order chi connectivity index (χ0) is 18.7. The lowest BCUT2D eigenvalue weighted by Gasteiger charge is -2.21. The van der Waals surface area contributed by atoms with Crippen LogP contribution >= 0.6 is 0 Å². The molecule has 0 aliphatic rings. The average Bonchev–Trinajstić information content (AvgIpc) is 3.10. The van der Waals surface area contributed by atoms with Gasteiger partial charge in [-0.05, 0) is 31.2 Å². The predicted octanol–water partition coefficient (Wildman–Crippen LogP) is 2.47. The molecule has 0 aliphatic heterocycles. The third-order valence-corrected chi connectivity index (χ3v) is 4.92. The van der Waals surface area contributed by atoms with Crippen LogP contribution in [0.5, 0.6) is 11.5 Å². The van der Waals surface area contributed by atoms with Crippen molar-refractivity contribution in [2.24, 2.45) is 0 Å². The van der Waals surface area contributed by atoms with Crippen LogP contribution < -0.4 is 14.4 Å². The lowest BCUT2D eigenvalue weighted by atomic mass is 10.0. The lowest BCUT2D eigenvalue weighted by Crippen LogP contribution is -3.12. The molecule has 5 nitrogen and oxygen atoms in total. The number of methoxy groups -OCH3 is 2. The number of nitrogens with one attached hydrogen (secondary N) is 2. The molecule has 1 unspecified atom stereocenters. The van der Waals surface area contributed by atoms with Gasteiger partial charge in [0.15, 0.2) is 11.5 Å². The van der Waals surface area contributed by atoms with E-state index in [4.69, 9.17) is 9.47 Å². The van der Waals surface area contributed by atoms with Gasteiger partial charge >= 0.3 is 0 Å². The first-order valence-electron chi connectivity index (χ1n) is 8.68. The van der Waals surface area contributed by atoms with Gasteiger partial charge in [0.1, 0.15) is 12.6 Å². The first kappa shape index (κ1) is 18.0. The van der Waals surface area contributed by atoms with Crippen molar-refractivity contribution >= 4 is 16.7 Å². The Bertz CT molecular complexity index is 917. The van der Waals surface area contributed by atoms with E-state index in [1.807, 2.05) is 62.6 Å². The molecular formula is C21H25N2O3+. The topological polar surface area (TPSA) is 55.8 Å². The number of hydrogen-bond donors (Lipinski definition) is 2. The van der Waals surface area contributed by atoms with Gasteiger partial charge < -0.3 is 19.4 Å². The Hall–Kier alpha value is -2.79. The van der Waals surface area contributed by atoms with Crippen LogP contribution in [0.25, 0.3) is 10.9 Å². The molecule has 0 aliphatic carbocycles. The van der Waals surface area contributed by atoms with Gasteiger partial charge in [-0.2, -0.15) is 0 Å². The second-order valence-electron chi connectivity index (χ2n) is 6.55. The zero-order valence-corrected chi connectivity index (χ0v) is 15.6. The van der Waals surface area contributed by atoms with Gasteiger partial charge in [0.05, 0.1) is 21.3 Å². The van der Waals surface area contributed by atoms with E-state index >= 15 is 0 Å². The van der Waals surface area contributed by atoms with Gasteiger partial charge in [0.25, 0.3) is 0 Å². The monoisotopic (exact) mass is 353 g/mol. The van der Waals surface area contributed by atoms with E-state index < -0.39 is 0 Å². The van der Waals surface area contributed by atoms with Crippen molar-refractivity contribution in [1.82, 2.24) is 4.98 Å². The standard InChI is InChI=1S/C21H24N2O3/c1-14(21(24)17-12-22-18-8-6-5-7-16(17)18)23(2)13-15-9-10-19(25-3)20(11-15)26-4/h5-12,14,22H,13H2,1-4H3/p+1/t14-/m0/s1. The van der Waals surface area contributed by atoms with E-state index in [0.29, 0.717) is 11.5 Å². The highest BCUT2D eigenvalue weighted by atomic mass is 16.5. The van der Waals surface area contributed by atoms with Crippen LogP contribution in [-0.4, -0.2) is 38.1 Å². The Morgan fingerprint density at radius 3 is 2.58 bits per heavy atom. The molecule has 0 saturated carbocycles. The Morgan fingerprint density at radius 2 is 1.85 bits per heavy atom. The molecule has 1 heterocycles. The van der Waals surface area contributed by atoms with Crippen LogP contribution in [0.15, 0.2) is 48.7 Å². The fraction of sp³-hybridized carbons (Fsp3) is 0.286. The Kier molecular flexibility index (Phi) is 5.28. The maximum atomic E-state index is 13.0. The number of quaternary nitrogens is 1. The number of carbonyl (C=O) groups is 1. The van der Waals surface area contributed by atoms with Crippen LogP contribution in [0.3, 0.4) is 0 Å². The predicted molar refractivity (Wildman–Crippen MR) is 102 cm³/mol. The number of H-pyrrole nitrogens is 1. The summed E-state index contributed by atoms with van der Waals surface area (Å²) < 4.78 is 10.7. The molecule has 0 bridgehead atoms. The second kappa shape index (κ2) is 7.62. The van der Waals surface area contributed by atoms with Gasteiger partial charge in [-0.1, -0.05) is 18.2 Å². The molecular weight excluding hydrogens is 328 g/mol. The minimum atomic E-state index is -0.165. The first-order chi connectivity index (χ1) is 12.5. The third kappa shape index (κ3) is 3.44. The van der Waals surface area contributed by atoms with E-state index in [9.17, 15) is 4.79 Å². The van der Waals surface area contributed by atoms with Gasteiger partial charge in [-0.15, -0.1) is 0 Å². The van der Waals surface area contributed by atoms with Crippen molar-refractivity contribution in [2.75, 3.05) is 21.3 Å². The number of benzene rings is 2. The normalized spacial score (nSPS) is 13.4. The van der Waals surface area contributed by atoms with Gasteiger partial charge in [0, 0.05) is 28.2 Å². The number of rotatable bonds is 7. The number of hydrogen-bond acceptors (Lipinski definition) is 3. The molecule has 0 saturated heterocycles. The van der Waals surface area contributed by atoms with E-state index in [1.165, 1.54) is 0 Å². The molecule has 2 N–H and O–H groups in total. The molecule has 3 rings (SSSR count). The van der Waals surface area contributed by atoms with E-state index in [-0.39, 0.29) is 11.8 Å². The highest BCUT2D eigenvalue weighted by Crippen LogP contribution is 2.27. The van der Waals surface area contributed by atoms with Gasteiger partial charge in [0.2, 0.25) is 5.78 Å². The molecule has 26 heavy (non-hydrogen) atoms. The summed E-state index contributed by atoms with van der Waals surface area (Å²) in [4.78, 5) is 17.3. The Labute approximate surface area is 153 Å². The largest absolute Gasteiger partial charge is 0.493 e. The number of Topliss-reactive ketones (excluding diaryl/α,β-unsaturated/α-hetero) is 1. The summed E-state index contributed by atoms with van der Waals surface area (Å²) >= 11 is 0. The number of para-hydroxylation sites is 1. The van der Waals surface area contributed by atoms with Gasteiger partial charge in [-0.3, -0.25) is 4.79 Å². The summed E-state index contributed by atoms with van der Waals surface area (Å²) in [6.07, 6.45) is 1.81. The molecule has 2 atom stereocenters. The molecule has 3 aromatic rings. The van der Waals surface area contributed by atoms with Crippen LogP contribution in [0.1, 0.15) is 22.8 Å². The summed E-state index contributed by atoms with van der Waals surface area (Å²) in [5.41, 5.74) is 2.83. The number of ether oxygens (including phenoxy) is 2. The van der Waals surface area contributed by atoms with Gasteiger partial charge in [-0.25, -0.2) is 0 Å². The average molecular weight is 353 g/mol. The second-order valence-corrected chi connectivity index (χ2v) is 6.55. The first-order valence-corrected chi connectivity index (χ1v) is 8.68. The van der Waals surface area contributed by atoms with Crippen molar-refractivity contribution in [3.63, 3.8) is 0 Å². The number of fused-ring (bicyclic) bond motifs is 1. The number of likely N-dealkylation sites (N-methyl/N-ethyl adjacent to an activating group) is 1. The number of ketones is 1. The molecule has 0 fully saturated rings. The number of aromatic nitrogens is 1. The Morgan fingerprint density at radius 1 is 1.12 bits per heavy atom. The van der Waals surface area contributed by atoms with Crippen molar-refractivity contribution in [3.8, 4) is 11.5 Å². The van der Waals surface area contributed by atoms with E-state index in [0.717, 1.165) is 33.5 Å². The Balaban J connectivity index is 1.77. The maximum Gasteiger partial charge on any atom is 0.221 e. The lowest BCUT2D eigenvalue weighted by molar-refractivity contribution is -0.907. The number of carbonyl (C=O) groups excluding carboxylic acids is 1. The zero-order valence-electron chi connectivity index (χ0n) is 15.6. The van der Waals surface area contributed by atoms with Crippen LogP contribution in [0, 0.1) is 0 Å². The third-order valence-electron chi connectivity index (χ3n) is 4.92. The van der Waals surface area contributed by atoms with Crippen LogP contribution in [-0.2, 0) is 6.54 Å². The van der Waals surface area contributed by atoms with Crippen molar-refractivity contribution < 1.29 is 19.2 Å². The minimum Gasteiger partial charge on any atom is -0.493 e. The maximum absolute atomic E-state index is 13.0. The smallest absolute Gasteiger partial charge is 0.221 e. The molecule has 2 aromatic carbocycles. The van der Waals surface area contributed by atoms with Crippen molar-refractivity contribution in [1.29, 1.82) is 0 Å². The number of aromatic amines is 1. The highest BCUT2D eigenvalue weighted by molar-refractivity contribution is 6.09. The summed E-state index contributed by atoms with van der Waals surface area (Å²) in [5.74, 6) is 1.55. The van der Waals surface area contributed by atoms with E-state index in [1.54, 1.807) is 14.2 Å². The molecule has 0 spiro atoms. The molecule has 0 radical (unpaired) electrons. The summed E-state index contributed by atoms with van der Waals surface area (Å²) in [7, 11) is 5.28. The summed E-state index contributed by atoms with van der Waals surface area (Å²) in [6, 6.07) is 13.6. The quantitative estimate of drug-likeness (QED) is 0.642. The fourth-order valence-corrected chi connectivity index (χ4v) is 3.20. The summed E-state index contributed by atoms with van der Waals surface area (Å²) in [5, 5.41) is 0.975. The molecule has 5 heteroatoms. The highest BCUT2D eigenvalue weighted by Gasteiger charge is 2.25. The summed E-state index contributed by atoms with van der Waals surface area (Å²) in [6.45, 7) is 2.69. The van der Waals surface area contributed by atoms with Crippen LogP contribution in [0.2, 0.25) is 0 Å².